The number of alkyl halides is 2. The molecule has 0 saturated heterocycles. The van der Waals surface area contributed by atoms with Crippen LogP contribution in [-0.2, 0) is 0 Å². The first-order chi connectivity index (χ1) is 5.34. The molecule has 0 aliphatic heterocycles. The lowest BCUT2D eigenvalue weighted by atomic mass is 10.2. The van der Waals surface area contributed by atoms with Crippen molar-refractivity contribution >= 4 is 23.2 Å². The van der Waals surface area contributed by atoms with Crippen LogP contribution in [0.1, 0.15) is 23.9 Å². The third-order valence-corrected chi connectivity index (χ3v) is 2.27. The number of rotatable bonds is 4. The summed E-state index contributed by atoms with van der Waals surface area (Å²) in [6, 6.07) is 3.94. The number of aromatic nitrogens is 1. The van der Waals surface area contributed by atoms with Gasteiger partial charge in [0.25, 0.3) is 0 Å². The number of aromatic amines is 1. The van der Waals surface area contributed by atoms with Crippen molar-refractivity contribution in [3.8, 4) is 0 Å². The zero-order chi connectivity index (χ0) is 8.10. The fourth-order valence-corrected chi connectivity index (χ4v) is 1.40. The molecule has 1 heterocycles. The lowest BCUT2D eigenvalue weighted by molar-refractivity contribution is 0.760. The molecule has 0 aromatic carbocycles. The van der Waals surface area contributed by atoms with Gasteiger partial charge in [0.1, 0.15) is 0 Å². The van der Waals surface area contributed by atoms with E-state index in [-0.39, 0.29) is 5.38 Å². The van der Waals surface area contributed by atoms with E-state index < -0.39 is 0 Å². The predicted molar refractivity (Wildman–Crippen MR) is 49.3 cm³/mol. The zero-order valence-electron chi connectivity index (χ0n) is 6.19. The highest BCUT2D eigenvalue weighted by atomic mass is 35.5. The van der Waals surface area contributed by atoms with Crippen LogP contribution in [0.5, 0.6) is 0 Å². The highest BCUT2D eigenvalue weighted by molar-refractivity contribution is 6.20. The van der Waals surface area contributed by atoms with E-state index in [2.05, 4.69) is 4.98 Å². The van der Waals surface area contributed by atoms with Crippen LogP contribution in [0, 0.1) is 0 Å². The van der Waals surface area contributed by atoms with Gasteiger partial charge in [-0.3, -0.25) is 0 Å². The van der Waals surface area contributed by atoms with Gasteiger partial charge >= 0.3 is 0 Å². The summed E-state index contributed by atoms with van der Waals surface area (Å²) in [4.78, 5) is 3.07. The molecule has 11 heavy (non-hydrogen) atoms. The number of nitrogens with one attached hydrogen (secondary N) is 1. The van der Waals surface area contributed by atoms with Gasteiger partial charge in [-0.1, -0.05) is 0 Å². The second kappa shape index (κ2) is 4.68. The first-order valence-electron chi connectivity index (χ1n) is 3.68. The Hall–Kier alpha value is -0.140. The number of hydrogen-bond acceptors (Lipinski definition) is 0. The Kier molecular flexibility index (Phi) is 3.81. The lowest BCUT2D eigenvalue weighted by Crippen LogP contribution is -1.90. The summed E-state index contributed by atoms with van der Waals surface area (Å²) in [5, 5.41) is 0.0868. The van der Waals surface area contributed by atoms with Crippen molar-refractivity contribution in [1.82, 2.24) is 4.98 Å². The molecule has 3 heteroatoms. The minimum absolute atomic E-state index is 0.0868. The maximum Gasteiger partial charge on any atom is 0.0735 e. The van der Waals surface area contributed by atoms with Gasteiger partial charge in [-0.2, -0.15) is 0 Å². The molecule has 1 atom stereocenters. The molecule has 62 valence electrons. The summed E-state index contributed by atoms with van der Waals surface area (Å²) in [6.07, 6.45) is 3.78. The van der Waals surface area contributed by atoms with Gasteiger partial charge in [0, 0.05) is 17.8 Å². The van der Waals surface area contributed by atoms with Crippen molar-refractivity contribution in [2.24, 2.45) is 0 Å². The van der Waals surface area contributed by atoms with Gasteiger partial charge in [0.05, 0.1) is 5.38 Å². The standard InChI is InChI=1S/C8H11Cl2N/c9-5-1-3-7(10)8-4-2-6-11-8/h2,4,6-7,11H,1,3,5H2. The highest BCUT2D eigenvalue weighted by Crippen LogP contribution is 2.23. The number of halogens is 2. The predicted octanol–water partition coefficient (Wildman–Crippen LogP) is 3.31. The van der Waals surface area contributed by atoms with E-state index >= 15 is 0 Å². The minimum atomic E-state index is 0.0868. The molecule has 0 radical (unpaired) electrons. The number of H-pyrrole nitrogens is 1. The Balaban J connectivity index is 2.36. The molecule has 0 fully saturated rings. The average Bonchev–Trinajstić information content (AvgIpc) is 2.52. The van der Waals surface area contributed by atoms with Crippen molar-refractivity contribution in [2.45, 2.75) is 18.2 Å². The smallest absolute Gasteiger partial charge is 0.0735 e. The van der Waals surface area contributed by atoms with Crippen LogP contribution in [0.2, 0.25) is 0 Å². The van der Waals surface area contributed by atoms with Crippen molar-refractivity contribution in [3.63, 3.8) is 0 Å². The maximum absolute atomic E-state index is 6.04. The van der Waals surface area contributed by atoms with Crippen LogP contribution in [0.3, 0.4) is 0 Å². The van der Waals surface area contributed by atoms with Crippen molar-refractivity contribution in [3.05, 3.63) is 24.0 Å². The normalized spacial score (nSPS) is 13.3. The second-order valence-electron chi connectivity index (χ2n) is 2.42. The summed E-state index contributed by atoms with van der Waals surface area (Å²) in [7, 11) is 0. The van der Waals surface area contributed by atoms with Gasteiger partial charge < -0.3 is 4.98 Å². The van der Waals surface area contributed by atoms with E-state index in [4.69, 9.17) is 23.2 Å². The first-order valence-corrected chi connectivity index (χ1v) is 4.65. The summed E-state index contributed by atoms with van der Waals surface area (Å²) in [5.41, 5.74) is 1.08. The van der Waals surface area contributed by atoms with Crippen LogP contribution in [0.15, 0.2) is 18.3 Å². The minimum Gasteiger partial charge on any atom is -0.364 e. The average molecular weight is 192 g/mol. The van der Waals surface area contributed by atoms with E-state index in [1.807, 2.05) is 18.3 Å². The van der Waals surface area contributed by atoms with Crippen molar-refractivity contribution < 1.29 is 0 Å². The van der Waals surface area contributed by atoms with E-state index in [1.165, 1.54) is 0 Å². The summed E-state index contributed by atoms with van der Waals surface area (Å²) in [5.74, 6) is 0.684. The Morgan fingerprint density at radius 2 is 2.36 bits per heavy atom. The van der Waals surface area contributed by atoms with Crippen molar-refractivity contribution in [1.29, 1.82) is 0 Å². The Morgan fingerprint density at radius 1 is 1.55 bits per heavy atom. The third kappa shape index (κ3) is 2.76. The van der Waals surface area contributed by atoms with Gasteiger partial charge in [0.2, 0.25) is 0 Å². The largest absolute Gasteiger partial charge is 0.364 e. The monoisotopic (exact) mass is 191 g/mol. The summed E-state index contributed by atoms with van der Waals surface area (Å²) < 4.78 is 0. The molecule has 1 aromatic rings. The molecule has 0 aliphatic carbocycles. The molecular formula is C8H11Cl2N. The fourth-order valence-electron chi connectivity index (χ4n) is 0.951. The Labute approximate surface area is 76.7 Å². The molecule has 0 aliphatic rings. The van der Waals surface area contributed by atoms with Gasteiger partial charge in [-0.25, -0.2) is 0 Å². The second-order valence-corrected chi connectivity index (χ2v) is 3.33. The Morgan fingerprint density at radius 3 is 2.91 bits per heavy atom. The molecular weight excluding hydrogens is 181 g/mol. The number of hydrogen-bond donors (Lipinski definition) is 1. The van der Waals surface area contributed by atoms with Crippen LogP contribution in [0.4, 0.5) is 0 Å². The fraction of sp³-hybridized carbons (Fsp3) is 0.500. The lowest BCUT2D eigenvalue weighted by Gasteiger charge is -2.04. The van der Waals surface area contributed by atoms with Crippen LogP contribution in [0.25, 0.3) is 0 Å². The zero-order valence-corrected chi connectivity index (χ0v) is 7.70. The van der Waals surface area contributed by atoms with Crippen LogP contribution in [-0.4, -0.2) is 10.9 Å². The molecule has 0 spiro atoms. The van der Waals surface area contributed by atoms with E-state index in [0.29, 0.717) is 5.88 Å². The van der Waals surface area contributed by atoms with Crippen LogP contribution >= 0.6 is 23.2 Å². The molecule has 0 bridgehead atoms. The van der Waals surface area contributed by atoms with Crippen LogP contribution < -0.4 is 0 Å². The summed E-state index contributed by atoms with van der Waals surface area (Å²) >= 11 is 11.6. The third-order valence-electron chi connectivity index (χ3n) is 1.55. The topological polar surface area (TPSA) is 15.8 Å². The molecule has 0 saturated carbocycles. The molecule has 0 amide bonds. The maximum atomic E-state index is 6.04. The molecule has 1 nitrogen and oxygen atoms in total. The first kappa shape index (κ1) is 8.95. The van der Waals surface area contributed by atoms with Gasteiger partial charge in [0.15, 0.2) is 0 Å². The summed E-state index contributed by atoms with van der Waals surface area (Å²) in [6.45, 7) is 0. The van der Waals surface area contributed by atoms with E-state index in [1.54, 1.807) is 0 Å². The molecule has 1 rings (SSSR count). The van der Waals surface area contributed by atoms with Gasteiger partial charge in [-0.05, 0) is 25.0 Å². The van der Waals surface area contributed by atoms with E-state index in [0.717, 1.165) is 18.5 Å². The molecule has 1 unspecified atom stereocenters. The van der Waals surface area contributed by atoms with Crippen molar-refractivity contribution in [2.75, 3.05) is 5.88 Å². The molecule has 1 N–H and O–H groups in total. The molecule has 1 aromatic heterocycles. The Bertz CT molecular complexity index is 184. The quantitative estimate of drug-likeness (QED) is 0.704. The highest BCUT2D eigenvalue weighted by Gasteiger charge is 2.06. The SMILES string of the molecule is ClCCCC(Cl)c1ccc[nH]1. The van der Waals surface area contributed by atoms with E-state index in [9.17, 15) is 0 Å². The van der Waals surface area contributed by atoms with Gasteiger partial charge in [-0.15, -0.1) is 23.2 Å².